The summed E-state index contributed by atoms with van der Waals surface area (Å²) in [7, 11) is -1.90. The molecular formula is C23H31N3O3S. The predicted octanol–water partition coefficient (Wildman–Crippen LogP) is 3.31. The highest BCUT2D eigenvalue weighted by Gasteiger charge is 2.16. The van der Waals surface area contributed by atoms with Gasteiger partial charge in [-0.2, -0.15) is 0 Å². The van der Waals surface area contributed by atoms with Gasteiger partial charge in [0.25, 0.3) is 5.91 Å². The van der Waals surface area contributed by atoms with Gasteiger partial charge < -0.3 is 5.32 Å². The average Bonchev–Trinajstić information content (AvgIpc) is 2.73. The van der Waals surface area contributed by atoms with Gasteiger partial charge in [0.05, 0.1) is 11.9 Å². The second kappa shape index (κ2) is 9.62. The van der Waals surface area contributed by atoms with Crippen LogP contribution in [0.3, 0.4) is 0 Å². The van der Waals surface area contributed by atoms with Crippen LogP contribution in [-0.4, -0.2) is 45.6 Å². The lowest BCUT2D eigenvalue weighted by Crippen LogP contribution is -2.29. The van der Waals surface area contributed by atoms with Crippen molar-refractivity contribution < 1.29 is 13.2 Å². The number of nitrogens with one attached hydrogen (secondary N) is 1. The van der Waals surface area contributed by atoms with Gasteiger partial charge in [0.1, 0.15) is 0 Å². The fourth-order valence-electron chi connectivity index (χ4n) is 3.69. The second-order valence-corrected chi connectivity index (χ2v) is 10.1. The van der Waals surface area contributed by atoms with E-state index in [1.54, 1.807) is 18.2 Å². The molecule has 1 amide bonds. The Bertz CT molecular complexity index is 981. The molecule has 1 N–H and O–H groups in total. The average molecular weight is 430 g/mol. The van der Waals surface area contributed by atoms with Gasteiger partial charge >= 0.3 is 0 Å². The summed E-state index contributed by atoms with van der Waals surface area (Å²) in [4.78, 5) is 15.1. The molecule has 0 spiro atoms. The first-order valence-electron chi connectivity index (χ1n) is 10.4. The summed E-state index contributed by atoms with van der Waals surface area (Å²) in [6, 6.07) is 13.5. The molecule has 1 heterocycles. The Balaban J connectivity index is 1.60. The number of hydrogen-bond donors (Lipinski definition) is 1. The lowest BCUT2D eigenvalue weighted by Gasteiger charge is -2.26. The quantitative estimate of drug-likeness (QED) is 0.733. The number of hydrogen-bond acceptors (Lipinski definition) is 4. The first-order valence-corrected chi connectivity index (χ1v) is 12.2. The molecule has 30 heavy (non-hydrogen) atoms. The smallest absolute Gasteiger partial charge is 0.251 e. The van der Waals surface area contributed by atoms with Gasteiger partial charge in [0, 0.05) is 25.7 Å². The summed E-state index contributed by atoms with van der Waals surface area (Å²) >= 11 is 0. The van der Waals surface area contributed by atoms with Crippen molar-refractivity contribution in [1.82, 2.24) is 10.2 Å². The van der Waals surface area contributed by atoms with E-state index in [-0.39, 0.29) is 5.91 Å². The molecule has 2 aromatic carbocycles. The Morgan fingerprint density at radius 1 is 1.03 bits per heavy atom. The molecule has 6 nitrogen and oxygen atoms in total. The van der Waals surface area contributed by atoms with Crippen molar-refractivity contribution in [3.8, 4) is 0 Å². The van der Waals surface area contributed by atoms with E-state index < -0.39 is 10.0 Å². The van der Waals surface area contributed by atoms with Crippen LogP contribution in [0.4, 0.5) is 5.69 Å². The summed E-state index contributed by atoms with van der Waals surface area (Å²) in [5.41, 5.74) is 4.06. The van der Waals surface area contributed by atoms with Crippen molar-refractivity contribution in [2.45, 2.75) is 39.3 Å². The zero-order valence-corrected chi connectivity index (χ0v) is 18.8. The fraction of sp³-hybridized carbons (Fsp3) is 0.435. The zero-order chi connectivity index (χ0) is 21.7. The highest BCUT2D eigenvalue weighted by molar-refractivity contribution is 7.92. The number of amides is 1. The largest absolute Gasteiger partial charge is 0.348 e. The minimum atomic E-state index is -3.39. The number of carbonyl (C=O) groups excluding carboxylic acids is 1. The van der Waals surface area contributed by atoms with Gasteiger partial charge in [0.15, 0.2) is 0 Å². The molecular weight excluding hydrogens is 398 g/mol. The maximum absolute atomic E-state index is 12.6. The van der Waals surface area contributed by atoms with E-state index in [0.29, 0.717) is 17.8 Å². The molecule has 0 saturated carbocycles. The SMILES string of the molecule is Cc1ccc(C(=O)NCc2ccc(CN3CCCCC3)cc2)cc1N(C)S(C)(=O)=O. The highest BCUT2D eigenvalue weighted by Crippen LogP contribution is 2.22. The number of piperidine rings is 1. The van der Waals surface area contributed by atoms with E-state index in [2.05, 4.69) is 34.5 Å². The maximum Gasteiger partial charge on any atom is 0.251 e. The number of aryl methyl sites for hydroxylation is 1. The number of anilines is 1. The van der Waals surface area contributed by atoms with Crippen molar-refractivity contribution in [2.24, 2.45) is 0 Å². The molecule has 0 radical (unpaired) electrons. The normalized spacial score (nSPS) is 15.0. The minimum Gasteiger partial charge on any atom is -0.348 e. The Morgan fingerprint density at radius 2 is 1.67 bits per heavy atom. The molecule has 2 aromatic rings. The molecule has 1 aliphatic rings. The highest BCUT2D eigenvalue weighted by atomic mass is 32.2. The summed E-state index contributed by atoms with van der Waals surface area (Å²) in [5.74, 6) is -0.226. The number of nitrogens with zero attached hydrogens (tertiary/aromatic N) is 2. The van der Waals surface area contributed by atoms with Crippen LogP contribution in [0.5, 0.6) is 0 Å². The topological polar surface area (TPSA) is 69.7 Å². The summed E-state index contributed by atoms with van der Waals surface area (Å²) < 4.78 is 24.9. The van der Waals surface area contributed by atoms with Crippen LogP contribution in [0.15, 0.2) is 42.5 Å². The van der Waals surface area contributed by atoms with E-state index in [4.69, 9.17) is 0 Å². The molecule has 0 bridgehead atoms. The summed E-state index contributed by atoms with van der Waals surface area (Å²) in [6.07, 6.45) is 5.05. The van der Waals surface area contributed by atoms with Crippen LogP contribution in [0, 0.1) is 6.92 Å². The van der Waals surface area contributed by atoms with Gasteiger partial charge in [-0.1, -0.05) is 36.8 Å². The van der Waals surface area contributed by atoms with Gasteiger partial charge in [-0.25, -0.2) is 8.42 Å². The molecule has 7 heteroatoms. The van der Waals surface area contributed by atoms with E-state index in [0.717, 1.165) is 23.9 Å². The third-order valence-electron chi connectivity index (χ3n) is 5.64. The Hall–Kier alpha value is -2.38. The summed E-state index contributed by atoms with van der Waals surface area (Å²) in [6.45, 7) is 5.57. The molecule has 1 saturated heterocycles. The van der Waals surface area contributed by atoms with Crippen molar-refractivity contribution in [3.63, 3.8) is 0 Å². The van der Waals surface area contributed by atoms with Crippen molar-refractivity contribution in [2.75, 3.05) is 30.7 Å². The van der Waals surface area contributed by atoms with Gasteiger partial charge in [0.2, 0.25) is 10.0 Å². The number of sulfonamides is 1. The Labute approximate surface area is 179 Å². The van der Waals surface area contributed by atoms with Crippen LogP contribution in [0.25, 0.3) is 0 Å². The molecule has 1 fully saturated rings. The van der Waals surface area contributed by atoms with Crippen LogP contribution in [-0.2, 0) is 23.1 Å². The van der Waals surface area contributed by atoms with Crippen LogP contribution < -0.4 is 9.62 Å². The monoisotopic (exact) mass is 429 g/mol. The van der Waals surface area contributed by atoms with Crippen molar-refractivity contribution in [3.05, 3.63) is 64.7 Å². The van der Waals surface area contributed by atoms with Crippen LogP contribution in [0.1, 0.15) is 46.3 Å². The van der Waals surface area contributed by atoms with Crippen LogP contribution >= 0.6 is 0 Å². The third kappa shape index (κ3) is 5.83. The number of benzene rings is 2. The Morgan fingerprint density at radius 3 is 2.30 bits per heavy atom. The molecule has 162 valence electrons. The molecule has 3 rings (SSSR count). The maximum atomic E-state index is 12.6. The molecule has 0 atom stereocenters. The fourth-order valence-corrected chi connectivity index (χ4v) is 4.25. The lowest BCUT2D eigenvalue weighted by atomic mass is 10.1. The predicted molar refractivity (Wildman–Crippen MR) is 121 cm³/mol. The van der Waals surface area contributed by atoms with Gasteiger partial charge in [-0.05, 0) is 61.7 Å². The standard InChI is InChI=1S/C23H31N3O3S/c1-18-7-12-21(15-22(18)25(2)30(3,28)29)23(27)24-16-19-8-10-20(11-9-19)17-26-13-5-4-6-14-26/h7-12,15H,4-6,13-14,16-17H2,1-3H3,(H,24,27). The first kappa shape index (κ1) is 22.3. The molecule has 1 aliphatic heterocycles. The number of likely N-dealkylation sites (tertiary alicyclic amines) is 1. The van der Waals surface area contributed by atoms with Crippen LogP contribution in [0.2, 0.25) is 0 Å². The zero-order valence-electron chi connectivity index (χ0n) is 18.0. The molecule has 0 aliphatic carbocycles. The summed E-state index contributed by atoms with van der Waals surface area (Å²) in [5, 5.41) is 2.92. The van der Waals surface area contributed by atoms with E-state index in [1.165, 1.54) is 49.3 Å². The molecule has 0 aromatic heterocycles. The second-order valence-electron chi connectivity index (χ2n) is 8.07. The number of carbonyl (C=O) groups is 1. The minimum absolute atomic E-state index is 0.226. The van der Waals surface area contributed by atoms with Gasteiger partial charge in [-0.15, -0.1) is 0 Å². The van der Waals surface area contributed by atoms with E-state index in [9.17, 15) is 13.2 Å². The van der Waals surface area contributed by atoms with Gasteiger partial charge in [-0.3, -0.25) is 14.0 Å². The Kier molecular flexibility index (Phi) is 7.15. The van der Waals surface area contributed by atoms with E-state index >= 15 is 0 Å². The van der Waals surface area contributed by atoms with Crippen molar-refractivity contribution in [1.29, 1.82) is 0 Å². The first-order chi connectivity index (χ1) is 14.2. The molecule has 0 unspecified atom stereocenters. The van der Waals surface area contributed by atoms with Crippen molar-refractivity contribution >= 4 is 21.6 Å². The third-order valence-corrected chi connectivity index (χ3v) is 6.83. The van der Waals surface area contributed by atoms with E-state index in [1.807, 2.05) is 6.92 Å². The number of rotatable bonds is 7. The lowest BCUT2D eigenvalue weighted by molar-refractivity contribution is 0.0951.